The molecule has 132 valence electrons. The molecule has 1 aromatic carbocycles. The molecule has 0 saturated carbocycles. The number of rotatable bonds is 5. The highest BCUT2D eigenvalue weighted by Gasteiger charge is 2.34. The third-order valence-corrected chi connectivity index (χ3v) is 4.19. The smallest absolute Gasteiger partial charge is 0.435 e. The molecule has 0 bridgehead atoms. The van der Waals surface area contributed by atoms with E-state index in [9.17, 15) is 9.90 Å². The van der Waals surface area contributed by atoms with Crippen LogP contribution in [0.25, 0.3) is 10.9 Å². The van der Waals surface area contributed by atoms with E-state index in [2.05, 4.69) is 22.0 Å². The normalized spacial score (nSPS) is 20.8. The molecule has 0 radical (unpaired) electrons. The number of aliphatic hydroxyl groups is 1. The van der Waals surface area contributed by atoms with Crippen LogP contribution in [-0.4, -0.2) is 59.6 Å². The molecular weight excluding hydrogens is 332 g/mol. The number of aromatic nitrogens is 1. The number of aromatic amines is 1. The van der Waals surface area contributed by atoms with Crippen molar-refractivity contribution in [3.63, 3.8) is 0 Å². The number of para-hydroxylation sites is 1. The van der Waals surface area contributed by atoms with E-state index in [0.29, 0.717) is 13.1 Å². The zero-order valence-corrected chi connectivity index (χ0v) is 14.4. The van der Waals surface area contributed by atoms with Gasteiger partial charge in [-0.2, -0.15) is 0 Å². The second-order valence-corrected chi connectivity index (χ2v) is 5.78. The number of nitrogens with zero attached hydrogens (tertiary/aromatic N) is 1. The van der Waals surface area contributed by atoms with Gasteiger partial charge in [0.2, 0.25) is 0 Å². The van der Waals surface area contributed by atoms with Gasteiger partial charge in [-0.3, -0.25) is 4.90 Å². The van der Waals surface area contributed by atoms with Crippen LogP contribution in [0.3, 0.4) is 0 Å². The average Bonchev–Trinajstić information content (AvgIpc) is 3.09. The zero-order valence-electron chi connectivity index (χ0n) is 13.6. The van der Waals surface area contributed by atoms with Crippen LogP contribution in [0.4, 0.5) is 4.79 Å². The molecule has 0 aliphatic carbocycles. The van der Waals surface area contributed by atoms with Gasteiger partial charge in [-0.1, -0.05) is 18.2 Å². The van der Waals surface area contributed by atoms with Crippen LogP contribution in [0.5, 0.6) is 0 Å². The standard InChI is InChI=1S/C17H22N2O4.ClH/c1-2-22-17(21)23-16-11-19(10-15(16)20)8-7-12-9-18-14-6-4-3-5-13(12)14;/h3-6,9,15-16,18,20H,2,7-8,10-11H2,1H3;1H/t15-,16-;/m0./s1. The highest BCUT2D eigenvalue weighted by Crippen LogP contribution is 2.20. The third-order valence-electron chi connectivity index (χ3n) is 4.19. The van der Waals surface area contributed by atoms with Crippen molar-refractivity contribution in [1.29, 1.82) is 0 Å². The maximum Gasteiger partial charge on any atom is 0.508 e. The first-order valence-electron chi connectivity index (χ1n) is 7.96. The van der Waals surface area contributed by atoms with Gasteiger partial charge in [0.05, 0.1) is 6.61 Å². The fraction of sp³-hybridized carbons (Fsp3) is 0.471. The van der Waals surface area contributed by atoms with E-state index >= 15 is 0 Å². The molecule has 2 N–H and O–H groups in total. The number of likely N-dealkylation sites (tertiary alicyclic amines) is 1. The molecule has 1 aliphatic rings. The molecule has 0 unspecified atom stereocenters. The first-order chi connectivity index (χ1) is 11.2. The number of benzene rings is 1. The summed E-state index contributed by atoms with van der Waals surface area (Å²) in [5.74, 6) is 0. The molecule has 2 aromatic rings. The lowest BCUT2D eigenvalue weighted by molar-refractivity contribution is -0.00890. The number of halogens is 1. The molecule has 1 fully saturated rings. The predicted octanol–water partition coefficient (Wildman–Crippen LogP) is 2.35. The van der Waals surface area contributed by atoms with Crippen LogP contribution >= 0.6 is 12.4 Å². The summed E-state index contributed by atoms with van der Waals surface area (Å²) in [6.07, 6.45) is 1.02. The van der Waals surface area contributed by atoms with Gasteiger partial charge in [-0.15, -0.1) is 12.4 Å². The summed E-state index contributed by atoms with van der Waals surface area (Å²) in [5, 5.41) is 11.3. The second-order valence-electron chi connectivity index (χ2n) is 5.78. The minimum absolute atomic E-state index is 0. The Kier molecular flexibility index (Phi) is 6.48. The van der Waals surface area contributed by atoms with Crippen molar-refractivity contribution in [1.82, 2.24) is 9.88 Å². The average molecular weight is 355 g/mol. The Balaban J connectivity index is 0.00000208. The Labute approximate surface area is 147 Å². The Bertz CT molecular complexity index is 675. The van der Waals surface area contributed by atoms with Crippen LogP contribution < -0.4 is 0 Å². The zero-order chi connectivity index (χ0) is 16.2. The summed E-state index contributed by atoms with van der Waals surface area (Å²) >= 11 is 0. The quantitative estimate of drug-likeness (QED) is 0.806. The SMILES string of the molecule is CCOC(=O)O[C@H]1CN(CCc2c[nH]c3ccccc23)C[C@@H]1O.Cl. The molecule has 6 nitrogen and oxygen atoms in total. The van der Waals surface area contributed by atoms with E-state index in [1.807, 2.05) is 18.3 Å². The molecule has 2 atom stereocenters. The highest BCUT2D eigenvalue weighted by atomic mass is 35.5. The molecule has 0 spiro atoms. The Morgan fingerprint density at radius 3 is 2.96 bits per heavy atom. The van der Waals surface area contributed by atoms with Crippen molar-refractivity contribution in [3.05, 3.63) is 36.0 Å². The number of fused-ring (bicyclic) bond motifs is 1. The van der Waals surface area contributed by atoms with Crippen molar-refractivity contribution in [3.8, 4) is 0 Å². The molecular formula is C17H23ClN2O4. The Morgan fingerprint density at radius 1 is 1.38 bits per heavy atom. The fourth-order valence-electron chi connectivity index (χ4n) is 3.02. The monoisotopic (exact) mass is 354 g/mol. The molecule has 1 aromatic heterocycles. The highest BCUT2D eigenvalue weighted by molar-refractivity contribution is 5.85. The van der Waals surface area contributed by atoms with Gasteiger partial charge in [0.15, 0.2) is 0 Å². The number of H-pyrrole nitrogens is 1. The maximum atomic E-state index is 11.4. The van der Waals surface area contributed by atoms with Gasteiger partial charge in [0, 0.05) is 36.7 Å². The first-order valence-corrected chi connectivity index (χ1v) is 7.96. The summed E-state index contributed by atoms with van der Waals surface area (Å²) in [4.78, 5) is 16.7. The molecule has 24 heavy (non-hydrogen) atoms. The summed E-state index contributed by atoms with van der Waals surface area (Å²) in [6, 6.07) is 8.20. The number of carbonyl (C=O) groups is 1. The number of aliphatic hydroxyl groups excluding tert-OH is 1. The molecule has 1 saturated heterocycles. The number of β-amino-alcohol motifs (C(OH)–C–C–N with tert-alkyl or cyclic N) is 1. The maximum absolute atomic E-state index is 11.4. The number of carbonyl (C=O) groups excluding carboxylic acids is 1. The lowest BCUT2D eigenvalue weighted by Crippen LogP contribution is -2.30. The molecule has 7 heteroatoms. The van der Waals surface area contributed by atoms with Crippen molar-refractivity contribution < 1.29 is 19.4 Å². The molecule has 0 amide bonds. The van der Waals surface area contributed by atoms with Crippen LogP contribution in [0.2, 0.25) is 0 Å². The van der Waals surface area contributed by atoms with E-state index in [0.717, 1.165) is 18.5 Å². The van der Waals surface area contributed by atoms with Crippen molar-refractivity contribution in [2.45, 2.75) is 25.6 Å². The number of hydrogen-bond donors (Lipinski definition) is 2. The van der Waals surface area contributed by atoms with Crippen LogP contribution in [0, 0.1) is 0 Å². The number of hydrogen-bond acceptors (Lipinski definition) is 5. The lowest BCUT2D eigenvalue weighted by Gasteiger charge is -2.15. The summed E-state index contributed by atoms with van der Waals surface area (Å²) in [7, 11) is 0. The lowest BCUT2D eigenvalue weighted by atomic mass is 10.1. The van der Waals surface area contributed by atoms with E-state index in [4.69, 9.17) is 9.47 Å². The Morgan fingerprint density at radius 2 is 2.17 bits per heavy atom. The number of nitrogens with one attached hydrogen (secondary N) is 1. The third kappa shape index (κ3) is 4.20. The van der Waals surface area contributed by atoms with Gasteiger partial charge in [-0.05, 0) is 25.0 Å². The summed E-state index contributed by atoms with van der Waals surface area (Å²) in [5.41, 5.74) is 2.39. The largest absolute Gasteiger partial charge is 0.508 e. The fourth-order valence-corrected chi connectivity index (χ4v) is 3.02. The van der Waals surface area contributed by atoms with E-state index in [1.165, 1.54) is 10.9 Å². The topological polar surface area (TPSA) is 74.8 Å². The molecule has 3 rings (SSSR count). The van der Waals surface area contributed by atoms with Gasteiger partial charge >= 0.3 is 6.16 Å². The van der Waals surface area contributed by atoms with Crippen LogP contribution in [-0.2, 0) is 15.9 Å². The van der Waals surface area contributed by atoms with Crippen molar-refractivity contribution in [2.75, 3.05) is 26.2 Å². The van der Waals surface area contributed by atoms with Crippen molar-refractivity contribution >= 4 is 29.5 Å². The minimum Gasteiger partial charge on any atom is -0.435 e. The summed E-state index contributed by atoms with van der Waals surface area (Å²) < 4.78 is 9.90. The van der Waals surface area contributed by atoms with Gasteiger partial charge < -0.3 is 19.6 Å². The summed E-state index contributed by atoms with van der Waals surface area (Å²) in [6.45, 7) is 3.84. The predicted molar refractivity (Wildman–Crippen MR) is 93.6 cm³/mol. The van der Waals surface area contributed by atoms with E-state index < -0.39 is 18.4 Å². The van der Waals surface area contributed by atoms with Gasteiger partial charge in [0.25, 0.3) is 0 Å². The van der Waals surface area contributed by atoms with Gasteiger partial charge in [-0.25, -0.2) is 4.79 Å². The van der Waals surface area contributed by atoms with Crippen LogP contribution in [0.15, 0.2) is 30.5 Å². The van der Waals surface area contributed by atoms with E-state index in [1.54, 1.807) is 6.92 Å². The second kappa shape index (κ2) is 8.37. The van der Waals surface area contributed by atoms with Crippen molar-refractivity contribution in [2.24, 2.45) is 0 Å². The minimum atomic E-state index is -0.713. The van der Waals surface area contributed by atoms with Crippen LogP contribution in [0.1, 0.15) is 12.5 Å². The first kappa shape index (κ1) is 18.6. The Hall–Kier alpha value is -1.76. The number of ether oxygens (including phenoxy) is 2. The molecule has 1 aliphatic heterocycles. The van der Waals surface area contributed by atoms with Gasteiger partial charge in [0.1, 0.15) is 12.2 Å². The molecule has 2 heterocycles. The van der Waals surface area contributed by atoms with E-state index in [-0.39, 0.29) is 19.0 Å².